The van der Waals surface area contributed by atoms with Gasteiger partial charge in [-0.1, -0.05) is 11.6 Å². The Balaban J connectivity index is 2.18. The van der Waals surface area contributed by atoms with Crippen LogP contribution >= 0.6 is 11.6 Å². The maximum absolute atomic E-state index is 5.98. The lowest BCUT2D eigenvalue weighted by Gasteiger charge is -2.29. The molecular weight excluding hydrogens is 214 g/mol. The molecule has 0 amide bonds. The fourth-order valence-corrected chi connectivity index (χ4v) is 1.83. The molecule has 1 aromatic rings. The quantitative estimate of drug-likeness (QED) is 0.841. The summed E-state index contributed by atoms with van der Waals surface area (Å²) in [5.74, 6) is 0.673. The van der Waals surface area contributed by atoms with Crippen LogP contribution in [0.25, 0.3) is 0 Å². The third kappa shape index (κ3) is 2.06. The molecule has 1 aliphatic rings. The van der Waals surface area contributed by atoms with E-state index in [1.165, 1.54) is 6.33 Å². The van der Waals surface area contributed by atoms with Crippen LogP contribution in [0.3, 0.4) is 0 Å². The molecule has 2 unspecified atom stereocenters. The van der Waals surface area contributed by atoms with E-state index in [4.69, 9.17) is 16.3 Å². The highest BCUT2D eigenvalue weighted by molar-refractivity contribution is 6.32. The Hall–Kier alpha value is -0.870. The van der Waals surface area contributed by atoms with E-state index < -0.39 is 0 Å². The first-order valence-corrected chi connectivity index (χ1v) is 5.35. The second-order valence-electron chi connectivity index (χ2n) is 4.02. The Bertz CT molecular complexity index is 360. The van der Waals surface area contributed by atoms with Gasteiger partial charge in [-0.15, -0.1) is 0 Å². The predicted molar refractivity (Wildman–Crippen MR) is 59.1 cm³/mol. The van der Waals surface area contributed by atoms with Gasteiger partial charge < -0.3 is 10.1 Å². The lowest BCUT2D eigenvalue weighted by atomic mass is 9.95. The number of hydrogen-bond acceptors (Lipinski definition) is 4. The molecule has 2 atom stereocenters. The van der Waals surface area contributed by atoms with Crippen LogP contribution in [0.2, 0.25) is 5.02 Å². The lowest BCUT2D eigenvalue weighted by molar-refractivity contribution is 0.105. The Morgan fingerprint density at radius 3 is 3.07 bits per heavy atom. The molecule has 2 rings (SSSR count). The van der Waals surface area contributed by atoms with Crippen LogP contribution < -0.4 is 5.32 Å². The van der Waals surface area contributed by atoms with Crippen molar-refractivity contribution in [2.75, 3.05) is 11.9 Å². The third-order valence-electron chi connectivity index (χ3n) is 2.96. The van der Waals surface area contributed by atoms with Crippen molar-refractivity contribution in [3.8, 4) is 0 Å². The van der Waals surface area contributed by atoms with E-state index in [2.05, 4.69) is 29.1 Å². The topological polar surface area (TPSA) is 47.0 Å². The van der Waals surface area contributed by atoms with Gasteiger partial charge in [0.1, 0.15) is 17.2 Å². The summed E-state index contributed by atoms with van der Waals surface area (Å²) in [5, 5.41) is 3.87. The van der Waals surface area contributed by atoms with Crippen LogP contribution in [0.1, 0.15) is 20.3 Å². The molecule has 1 fully saturated rings. The average molecular weight is 228 g/mol. The minimum atomic E-state index is -0.0992. The normalized spacial score (nSPS) is 30.5. The molecular formula is C10H14ClN3O. The fraction of sp³-hybridized carbons (Fsp3) is 0.600. The molecule has 0 aliphatic carbocycles. The van der Waals surface area contributed by atoms with Crippen LogP contribution in [0.4, 0.5) is 5.82 Å². The summed E-state index contributed by atoms with van der Waals surface area (Å²) < 4.78 is 5.53. The molecule has 0 radical (unpaired) electrons. The Kier molecular flexibility index (Phi) is 2.80. The lowest BCUT2D eigenvalue weighted by Crippen LogP contribution is -2.41. The van der Waals surface area contributed by atoms with Crippen molar-refractivity contribution in [2.45, 2.75) is 31.9 Å². The molecule has 4 nitrogen and oxygen atoms in total. The third-order valence-corrected chi connectivity index (χ3v) is 3.23. The van der Waals surface area contributed by atoms with E-state index in [9.17, 15) is 0 Å². The second-order valence-corrected chi connectivity index (χ2v) is 4.43. The van der Waals surface area contributed by atoms with Crippen LogP contribution in [-0.2, 0) is 4.74 Å². The molecule has 0 aromatic carbocycles. The zero-order valence-electron chi connectivity index (χ0n) is 8.83. The zero-order chi connectivity index (χ0) is 10.9. The summed E-state index contributed by atoms with van der Waals surface area (Å²) in [7, 11) is 0. The number of nitrogens with zero attached hydrogens (tertiary/aromatic N) is 2. The van der Waals surface area contributed by atoms with Gasteiger partial charge >= 0.3 is 0 Å². The molecule has 0 spiro atoms. The van der Waals surface area contributed by atoms with E-state index >= 15 is 0 Å². The first-order chi connectivity index (χ1) is 7.12. The smallest absolute Gasteiger partial charge is 0.148 e. The second kappa shape index (κ2) is 3.94. The van der Waals surface area contributed by atoms with Gasteiger partial charge in [0.15, 0.2) is 0 Å². The van der Waals surface area contributed by atoms with Crippen molar-refractivity contribution in [1.82, 2.24) is 9.97 Å². The zero-order valence-corrected chi connectivity index (χ0v) is 9.58. The maximum atomic E-state index is 5.98. The van der Waals surface area contributed by atoms with Gasteiger partial charge in [0, 0.05) is 6.61 Å². The number of ether oxygens (including phenoxy) is 1. The van der Waals surface area contributed by atoms with Gasteiger partial charge in [-0.2, -0.15) is 0 Å². The number of halogens is 1. The van der Waals surface area contributed by atoms with E-state index in [0.29, 0.717) is 10.8 Å². The number of nitrogens with one attached hydrogen (secondary N) is 1. The standard InChI is InChI=1S/C10H14ClN3O/c1-7-10(2,3-4-15-7)14-9-8(11)5-12-6-13-9/h5-7H,3-4H2,1-2H3,(H,12,13,14). The summed E-state index contributed by atoms with van der Waals surface area (Å²) in [6.45, 7) is 4.94. The van der Waals surface area contributed by atoms with Crippen molar-refractivity contribution in [3.63, 3.8) is 0 Å². The van der Waals surface area contributed by atoms with Gasteiger partial charge in [-0.25, -0.2) is 9.97 Å². The SMILES string of the molecule is CC1OCCC1(C)Nc1ncncc1Cl. The first kappa shape index (κ1) is 10.6. The molecule has 1 saturated heterocycles. The van der Waals surface area contributed by atoms with Crippen molar-refractivity contribution < 1.29 is 4.74 Å². The van der Waals surface area contributed by atoms with Crippen molar-refractivity contribution in [3.05, 3.63) is 17.5 Å². The molecule has 1 aliphatic heterocycles. The first-order valence-electron chi connectivity index (χ1n) is 4.97. The molecule has 82 valence electrons. The highest BCUT2D eigenvalue weighted by Crippen LogP contribution is 2.30. The van der Waals surface area contributed by atoms with Gasteiger partial charge in [0.05, 0.1) is 17.8 Å². The van der Waals surface area contributed by atoms with Crippen molar-refractivity contribution in [1.29, 1.82) is 0 Å². The Morgan fingerprint density at radius 2 is 2.47 bits per heavy atom. The number of anilines is 1. The molecule has 2 heterocycles. The van der Waals surface area contributed by atoms with Gasteiger partial charge in [-0.05, 0) is 20.3 Å². The van der Waals surface area contributed by atoms with Crippen LogP contribution in [-0.4, -0.2) is 28.2 Å². The van der Waals surface area contributed by atoms with Gasteiger partial charge in [0.25, 0.3) is 0 Å². The summed E-state index contributed by atoms with van der Waals surface area (Å²) in [5.41, 5.74) is -0.0992. The molecule has 15 heavy (non-hydrogen) atoms. The summed E-state index contributed by atoms with van der Waals surface area (Å²) in [4.78, 5) is 7.96. The van der Waals surface area contributed by atoms with Crippen molar-refractivity contribution >= 4 is 17.4 Å². The van der Waals surface area contributed by atoms with E-state index in [1.54, 1.807) is 6.20 Å². The summed E-state index contributed by atoms with van der Waals surface area (Å²) in [6.07, 6.45) is 4.18. The number of aromatic nitrogens is 2. The molecule has 0 saturated carbocycles. The predicted octanol–water partition coefficient (Wildman–Crippen LogP) is 2.11. The highest BCUT2D eigenvalue weighted by atomic mass is 35.5. The molecule has 5 heteroatoms. The minimum Gasteiger partial charge on any atom is -0.376 e. The average Bonchev–Trinajstić information content (AvgIpc) is 2.51. The largest absolute Gasteiger partial charge is 0.376 e. The van der Waals surface area contributed by atoms with Gasteiger partial charge in [-0.3, -0.25) is 0 Å². The van der Waals surface area contributed by atoms with Crippen molar-refractivity contribution in [2.24, 2.45) is 0 Å². The van der Waals surface area contributed by atoms with Crippen LogP contribution in [0.15, 0.2) is 12.5 Å². The fourth-order valence-electron chi connectivity index (χ4n) is 1.67. The summed E-state index contributed by atoms with van der Waals surface area (Å²) in [6, 6.07) is 0. The Labute approximate surface area is 94.0 Å². The molecule has 0 bridgehead atoms. The summed E-state index contributed by atoms with van der Waals surface area (Å²) >= 11 is 5.98. The maximum Gasteiger partial charge on any atom is 0.148 e. The van der Waals surface area contributed by atoms with Crippen LogP contribution in [0.5, 0.6) is 0 Å². The van der Waals surface area contributed by atoms with Gasteiger partial charge in [0.2, 0.25) is 0 Å². The highest BCUT2D eigenvalue weighted by Gasteiger charge is 2.37. The number of hydrogen-bond donors (Lipinski definition) is 1. The van der Waals surface area contributed by atoms with E-state index in [-0.39, 0.29) is 11.6 Å². The monoisotopic (exact) mass is 227 g/mol. The van der Waals surface area contributed by atoms with Crippen LogP contribution in [0, 0.1) is 0 Å². The Morgan fingerprint density at radius 1 is 1.67 bits per heavy atom. The van der Waals surface area contributed by atoms with E-state index in [1.807, 2.05) is 0 Å². The minimum absolute atomic E-state index is 0.0992. The molecule has 1 N–H and O–H groups in total. The molecule has 1 aromatic heterocycles. The number of rotatable bonds is 2. The van der Waals surface area contributed by atoms with E-state index in [0.717, 1.165) is 13.0 Å².